The molecule has 42 heavy (non-hydrogen) atoms. The summed E-state index contributed by atoms with van der Waals surface area (Å²) in [5.74, 6) is -1.77. The third-order valence-electron chi connectivity index (χ3n) is 9.24. The minimum absolute atomic E-state index is 0.269. The van der Waals surface area contributed by atoms with E-state index >= 15 is 0 Å². The molecule has 2 aromatic heterocycles. The van der Waals surface area contributed by atoms with Crippen molar-refractivity contribution >= 4 is 78.0 Å². The summed E-state index contributed by atoms with van der Waals surface area (Å²) in [5, 5.41) is 0. The van der Waals surface area contributed by atoms with E-state index in [4.69, 9.17) is 0 Å². The molecule has 4 aliphatic rings. The van der Waals surface area contributed by atoms with E-state index in [0.717, 1.165) is 15.2 Å². The van der Waals surface area contributed by atoms with Crippen LogP contribution in [0.25, 0.3) is 32.2 Å². The Labute approximate surface area is 250 Å². The number of carbonyl (C=O) groups excluding carboxylic acids is 4. The Morgan fingerprint density at radius 2 is 1.19 bits per heavy atom. The van der Waals surface area contributed by atoms with E-state index in [1.165, 1.54) is 26.3 Å². The van der Waals surface area contributed by atoms with Crippen LogP contribution in [-0.4, -0.2) is 23.1 Å². The van der Waals surface area contributed by atoms with Crippen molar-refractivity contribution in [2.75, 3.05) is 0 Å². The lowest BCUT2D eigenvalue weighted by atomic mass is 9.79. The maximum absolute atomic E-state index is 13.0. The number of carbonyl (C=O) groups is 4. The van der Waals surface area contributed by atoms with Crippen LogP contribution in [0.3, 0.4) is 0 Å². The molecule has 0 unspecified atom stereocenters. The Balaban J connectivity index is 1.21. The molecule has 204 valence electrons. The topological polar surface area (TPSA) is 68.3 Å². The Bertz CT molecular complexity index is 2150. The largest absolute Gasteiger partial charge is 0.285 e. The molecule has 0 N–H and O–H groups in total. The van der Waals surface area contributed by atoms with Crippen molar-refractivity contribution in [1.29, 1.82) is 0 Å². The van der Waals surface area contributed by atoms with Gasteiger partial charge in [-0.2, -0.15) is 0 Å². The average Bonchev–Trinajstić information content (AvgIpc) is 3.73. The second-order valence-corrected chi connectivity index (χ2v) is 14.4. The van der Waals surface area contributed by atoms with Crippen LogP contribution in [0, 0.1) is 5.41 Å². The SMILES string of the molecule is CC1(C)C(/C=C2\C(=O)C(=O)c3ccccc32)=CC2=C1c1sc3cc(/C=C4\C(=O)C(=O)c5ccccc54)sc3c1C2(C)C. The molecule has 0 saturated heterocycles. The second kappa shape index (κ2) is 8.18. The minimum Gasteiger partial charge on any atom is -0.285 e. The van der Waals surface area contributed by atoms with Gasteiger partial charge in [-0.1, -0.05) is 82.3 Å². The summed E-state index contributed by atoms with van der Waals surface area (Å²) < 4.78 is 2.37. The highest BCUT2D eigenvalue weighted by atomic mass is 32.1. The van der Waals surface area contributed by atoms with Gasteiger partial charge in [0.05, 0.1) is 4.70 Å². The standard InChI is InChI=1S/C36H24O4S2/c1-35(2)17(13-23-19-9-5-7-11-21(19)29(37)31(23)39)14-25-27(35)34-28(36(25,3)4)33-26(42-34)16-18(41-33)15-24-20-10-6-8-12-22(20)30(38)32(24)40/h5-16H,1-4H3/b23-13-,24-15-. The van der Waals surface area contributed by atoms with E-state index in [9.17, 15) is 19.2 Å². The molecule has 0 spiro atoms. The summed E-state index contributed by atoms with van der Waals surface area (Å²) in [4.78, 5) is 53.2. The number of fused-ring (bicyclic) bond motifs is 6. The Morgan fingerprint density at radius 1 is 0.643 bits per heavy atom. The molecule has 4 aliphatic carbocycles. The summed E-state index contributed by atoms with van der Waals surface area (Å²) >= 11 is 3.43. The fourth-order valence-corrected chi connectivity index (χ4v) is 10.1. The lowest BCUT2D eigenvalue weighted by Crippen LogP contribution is -2.15. The predicted octanol–water partition coefficient (Wildman–Crippen LogP) is 8.13. The van der Waals surface area contributed by atoms with Gasteiger partial charge in [0.2, 0.25) is 23.1 Å². The van der Waals surface area contributed by atoms with Gasteiger partial charge >= 0.3 is 0 Å². The fourth-order valence-electron chi connectivity index (χ4n) is 7.02. The molecule has 6 heteroatoms. The summed E-state index contributed by atoms with van der Waals surface area (Å²) in [6.45, 7) is 8.88. The van der Waals surface area contributed by atoms with Crippen molar-refractivity contribution in [2.24, 2.45) is 5.41 Å². The number of hydrogen-bond acceptors (Lipinski definition) is 6. The van der Waals surface area contributed by atoms with Crippen molar-refractivity contribution in [3.8, 4) is 0 Å². The Hall–Kier alpha value is -4.26. The Kier molecular flexibility index (Phi) is 4.96. The second-order valence-electron chi connectivity index (χ2n) is 12.3. The van der Waals surface area contributed by atoms with Crippen molar-refractivity contribution < 1.29 is 19.2 Å². The molecule has 0 saturated carbocycles. The van der Waals surface area contributed by atoms with Gasteiger partial charge in [-0.15, -0.1) is 22.7 Å². The van der Waals surface area contributed by atoms with E-state index in [0.29, 0.717) is 33.4 Å². The average molecular weight is 585 g/mol. The molecule has 0 amide bonds. The first-order chi connectivity index (χ1) is 20.0. The van der Waals surface area contributed by atoms with Gasteiger partial charge in [0, 0.05) is 47.6 Å². The number of thiophene rings is 2. The van der Waals surface area contributed by atoms with Gasteiger partial charge in [0.25, 0.3) is 0 Å². The smallest absolute Gasteiger partial charge is 0.234 e. The van der Waals surface area contributed by atoms with Crippen molar-refractivity contribution in [1.82, 2.24) is 0 Å². The van der Waals surface area contributed by atoms with Crippen LogP contribution in [-0.2, 0) is 15.0 Å². The number of hydrogen-bond donors (Lipinski definition) is 0. The molecule has 0 bridgehead atoms. The van der Waals surface area contributed by atoms with Crippen LogP contribution < -0.4 is 0 Å². The maximum Gasteiger partial charge on any atom is 0.234 e. The van der Waals surface area contributed by atoms with Gasteiger partial charge in [-0.3, -0.25) is 19.2 Å². The van der Waals surface area contributed by atoms with Crippen LogP contribution in [0.5, 0.6) is 0 Å². The van der Waals surface area contributed by atoms with Crippen molar-refractivity contribution in [3.63, 3.8) is 0 Å². The van der Waals surface area contributed by atoms with Crippen LogP contribution in [0.1, 0.15) is 74.9 Å². The van der Waals surface area contributed by atoms with E-state index in [1.807, 2.05) is 36.4 Å². The lowest BCUT2D eigenvalue weighted by Gasteiger charge is -2.25. The van der Waals surface area contributed by atoms with E-state index < -0.39 is 23.1 Å². The van der Waals surface area contributed by atoms with Crippen LogP contribution >= 0.6 is 22.7 Å². The zero-order valence-electron chi connectivity index (χ0n) is 23.4. The molecule has 0 radical (unpaired) electrons. The molecule has 2 aromatic carbocycles. The number of rotatable bonds is 2. The summed E-state index contributed by atoms with van der Waals surface area (Å²) in [5.41, 5.74) is 7.52. The van der Waals surface area contributed by atoms with Gasteiger partial charge in [0.15, 0.2) is 0 Å². The highest BCUT2D eigenvalue weighted by Gasteiger charge is 2.49. The first kappa shape index (κ1) is 25.5. The van der Waals surface area contributed by atoms with Gasteiger partial charge in [-0.25, -0.2) is 0 Å². The molecule has 4 aromatic rings. The quantitative estimate of drug-likeness (QED) is 0.176. The molecule has 8 rings (SSSR count). The molecule has 0 aliphatic heterocycles. The monoisotopic (exact) mass is 584 g/mol. The fraction of sp³-hybridized carbons (Fsp3) is 0.167. The van der Waals surface area contributed by atoms with Gasteiger partial charge in [-0.05, 0) is 51.6 Å². The molecule has 0 atom stereocenters. The molecular formula is C36H24O4S2. The van der Waals surface area contributed by atoms with Crippen LogP contribution in [0.15, 0.2) is 77.9 Å². The van der Waals surface area contributed by atoms with Crippen LogP contribution in [0.2, 0.25) is 0 Å². The number of ketones is 4. The first-order valence-electron chi connectivity index (χ1n) is 13.8. The highest BCUT2D eigenvalue weighted by molar-refractivity contribution is 7.29. The number of Topliss-reactive ketones (excluding diaryl/α,β-unsaturated/α-hetero) is 4. The summed E-state index contributed by atoms with van der Waals surface area (Å²) in [6.07, 6.45) is 6.01. The van der Waals surface area contributed by atoms with Gasteiger partial charge < -0.3 is 0 Å². The lowest BCUT2D eigenvalue weighted by molar-refractivity contribution is -0.110. The summed E-state index contributed by atoms with van der Waals surface area (Å²) in [7, 11) is 0. The van der Waals surface area contributed by atoms with Gasteiger partial charge in [0.1, 0.15) is 0 Å². The van der Waals surface area contributed by atoms with E-state index in [1.54, 1.807) is 46.9 Å². The molecular weight excluding hydrogens is 561 g/mol. The zero-order chi connectivity index (χ0) is 29.3. The highest BCUT2D eigenvalue weighted by Crippen LogP contribution is 2.64. The summed E-state index contributed by atoms with van der Waals surface area (Å²) in [6, 6.07) is 16.5. The molecule has 2 heterocycles. The first-order valence-corrected chi connectivity index (χ1v) is 15.5. The Morgan fingerprint density at radius 3 is 1.79 bits per heavy atom. The molecule has 0 fully saturated rings. The maximum atomic E-state index is 13.0. The number of benzene rings is 2. The molecule has 4 nitrogen and oxygen atoms in total. The zero-order valence-corrected chi connectivity index (χ0v) is 25.0. The minimum atomic E-state index is -0.447. The number of allylic oxidation sites excluding steroid dienone is 7. The van der Waals surface area contributed by atoms with Crippen molar-refractivity contribution in [3.05, 3.63) is 115 Å². The predicted molar refractivity (Wildman–Crippen MR) is 169 cm³/mol. The third kappa shape index (κ3) is 3.11. The van der Waals surface area contributed by atoms with E-state index in [2.05, 4.69) is 39.8 Å². The third-order valence-corrected chi connectivity index (χ3v) is 11.6. The van der Waals surface area contributed by atoms with E-state index in [-0.39, 0.29) is 10.8 Å². The van der Waals surface area contributed by atoms with Crippen LogP contribution in [0.4, 0.5) is 0 Å². The normalized spacial score (nSPS) is 21.6. The van der Waals surface area contributed by atoms with Crippen molar-refractivity contribution in [2.45, 2.75) is 33.1 Å².